The van der Waals surface area contributed by atoms with Crippen molar-refractivity contribution in [3.05, 3.63) is 29.3 Å². The zero-order chi connectivity index (χ0) is 12.5. The van der Waals surface area contributed by atoms with Gasteiger partial charge in [-0.25, -0.2) is 0 Å². The van der Waals surface area contributed by atoms with Crippen molar-refractivity contribution >= 4 is 17.5 Å². The Labute approximate surface area is 106 Å². The van der Waals surface area contributed by atoms with Gasteiger partial charge in [-0.2, -0.15) is 0 Å². The van der Waals surface area contributed by atoms with Crippen LogP contribution < -0.4 is 10.2 Å². The van der Waals surface area contributed by atoms with Crippen LogP contribution in [0.2, 0.25) is 0 Å². The summed E-state index contributed by atoms with van der Waals surface area (Å²) < 4.78 is 0. The van der Waals surface area contributed by atoms with Gasteiger partial charge in [-0.05, 0) is 42.9 Å². The van der Waals surface area contributed by atoms with Gasteiger partial charge in [0.15, 0.2) is 0 Å². The minimum Gasteiger partial charge on any atom is -0.353 e. The summed E-state index contributed by atoms with van der Waals surface area (Å²) in [7, 11) is 0. The molecule has 18 heavy (non-hydrogen) atoms. The van der Waals surface area contributed by atoms with Crippen molar-refractivity contribution in [1.29, 1.82) is 0 Å². The Balaban J connectivity index is 1.96. The molecular weight excluding hydrogens is 228 g/mol. The highest BCUT2D eigenvalue weighted by molar-refractivity contribution is 6.02. The first kappa shape index (κ1) is 11.3. The molecular formula is C14H16N2O2. The number of hydrogen-bond acceptors (Lipinski definition) is 3. The van der Waals surface area contributed by atoms with E-state index in [1.165, 1.54) is 24.0 Å². The van der Waals surface area contributed by atoms with Crippen LogP contribution in [0.4, 0.5) is 5.69 Å². The van der Waals surface area contributed by atoms with Gasteiger partial charge in [0.05, 0.1) is 13.1 Å². The first-order valence-electron chi connectivity index (χ1n) is 6.42. The molecule has 94 valence electrons. The van der Waals surface area contributed by atoms with E-state index in [0.717, 1.165) is 18.5 Å². The fourth-order valence-electron chi connectivity index (χ4n) is 2.86. The Hall–Kier alpha value is -1.84. The van der Waals surface area contributed by atoms with E-state index in [4.69, 9.17) is 0 Å². The molecule has 4 heteroatoms. The van der Waals surface area contributed by atoms with Gasteiger partial charge < -0.3 is 4.90 Å². The van der Waals surface area contributed by atoms with Gasteiger partial charge in [-0.3, -0.25) is 14.9 Å². The van der Waals surface area contributed by atoms with Crippen molar-refractivity contribution in [3.8, 4) is 0 Å². The first-order valence-corrected chi connectivity index (χ1v) is 6.42. The number of imide groups is 1. The summed E-state index contributed by atoms with van der Waals surface area (Å²) in [5.74, 6) is -0.417. The Morgan fingerprint density at radius 1 is 1.00 bits per heavy atom. The fraction of sp³-hybridized carbons (Fsp3) is 0.429. The van der Waals surface area contributed by atoms with Crippen LogP contribution in [-0.2, 0) is 22.4 Å². The number of carbonyl (C=O) groups excluding carboxylic acids is 2. The van der Waals surface area contributed by atoms with Crippen molar-refractivity contribution in [1.82, 2.24) is 5.32 Å². The van der Waals surface area contributed by atoms with E-state index in [9.17, 15) is 9.59 Å². The molecule has 1 aromatic carbocycles. The maximum absolute atomic E-state index is 11.5. The number of fused-ring (bicyclic) bond motifs is 1. The van der Waals surface area contributed by atoms with Crippen LogP contribution in [0, 0.1) is 0 Å². The largest absolute Gasteiger partial charge is 0.353 e. The number of amides is 2. The predicted octanol–water partition coefficient (Wildman–Crippen LogP) is 1.03. The highest BCUT2D eigenvalue weighted by Crippen LogP contribution is 2.30. The molecule has 0 radical (unpaired) electrons. The van der Waals surface area contributed by atoms with Gasteiger partial charge in [0.1, 0.15) is 0 Å². The van der Waals surface area contributed by atoms with Gasteiger partial charge in [0.25, 0.3) is 0 Å². The SMILES string of the molecule is O=C1CN(c2cccc3c2CCCC3)CC(=O)N1. The summed E-state index contributed by atoms with van der Waals surface area (Å²) >= 11 is 0. The van der Waals surface area contributed by atoms with Crippen LogP contribution in [0.5, 0.6) is 0 Å². The predicted molar refractivity (Wildman–Crippen MR) is 68.4 cm³/mol. The maximum Gasteiger partial charge on any atom is 0.246 e. The quantitative estimate of drug-likeness (QED) is 0.751. The third-order valence-electron chi connectivity index (χ3n) is 3.66. The lowest BCUT2D eigenvalue weighted by molar-refractivity contribution is -0.130. The van der Waals surface area contributed by atoms with Gasteiger partial charge in [-0.15, -0.1) is 0 Å². The Morgan fingerprint density at radius 3 is 2.50 bits per heavy atom. The normalized spacial score (nSPS) is 19.4. The lowest BCUT2D eigenvalue weighted by atomic mass is 9.90. The average Bonchev–Trinajstić information content (AvgIpc) is 2.37. The molecule has 0 spiro atoms. The summed E-state index contributed by atoms with van der Waals surface area (Å²) in [6, 6.07) is 6.20. The average molecular weight is 244 g/mol. The number of nitrogens with zero attached hydrogens (tertiary/aromatic N) is 1. The molecule has 1 fully saturated rings. The van der Waals surface area contributed by atoms with Gasteiger partial charge in [0.2, 0.25) is 11.8 Å². The summed E-state index contributed by atoms with van der Waals surface area (Å²) in [4.78, 5) is 24.8. The molecule has 2 amide bonds. The molecule has 1 saturated heterocycles. The minimum absolute atomic E-state index is 0.209. The first-order chi connectivity index (χ1) is 8.74. The van der Waals surface area contributed by atoms with Crippen LogP contribution in [0.15, 0.2) is 18.2 Å². The van der Waals surface area contributed by atoms with Gasteiger partial charge in [-0.1, -0.05) is 12.1 Å². The highest BCUT2D eigenvalue weighted by Gasteiger charge is 2.25. The van der Waals surface area contributed by atoms with Crippen LogP contribution in [0.3, 0.4) is 0 Å². The van der Waals surface area contributed by atoms with Crippen LogP contribution >= 0.6 is 0 Å². The summed E-state index contributed by atoms with van der Waals surface area (Å²) in [5, 5.41) is 2.34. The van der Waals surface area contributed by atoms with E-state index in [1.807, 2.05) is 17.0 Å². The van der Waals surface area contributed by atoms with Gasteiger partial charge in [0, 0.05) is 5.69 Å². The number of anilines is 1. The van der Waals surface area contributed by atoms with E-state index in [0.29, 0.717) is 0 Å². The molecule has 3 rings (SSSR count). The number of piperazine rings is 1. The van der Waals surface area contributed by atoms with Crippen LogP contribution in [-0.4, -0.2) is 24.9 Å². The smallest absolute Gasteiger partial charge is 0.246 e. The molecule has 1 N–H and O–H groups in total. The van der Waals surface area contributed by atoms with E-state index in [2.05, 4.69) is 11.4 Å². The van der Waals surface area contributed by atoms with E-state index in [-0.39, 0.29) is 24.9 Å². The second-order valence-electron chi connectivity index (χ2n) is 4.95. The summed E-state index contributed by atoms with van der Waals surface area (Å²) in [6.07, 6.45) is 4.59. The minimum atomic E-state index is -0.209. The summed E-state index contributed by atoms with van der Waals surface area (Å²) in [5.41, 5.74) is 3.76. The number of nitrogens with one attached hydrogen (secondary N) is 1. The summed E-state index contributed by atoms with van der Waals surface area (Å²) in [6.45, 7) is 0.560. The Bertz CT molecular complexity index is 495. The van der Waals surface area contributed by atoms with E-state index >= 15 is 0 Å². The van der Waals surface area contributed by atoms with E-state index < -0.39 is 0 Å². The lowest BCUT2D eigenvalue weighted by Crippen LogP contribution is -2.51. The molecule has 0 aromatic heterocycles. The van der Waals surface area contributed by atoms with Crippen LogP contribution in [0.25, 0.3) is 0 Å². The molecule has 1 aliphatic carbocycles. The topological polar surface area (TPSA) is 49.4 Å². The number of rotatable bonds is 1. The Morgan fingerprint density at radius 2 is 1.72 bits per heavy atom. The maximum atomic E-state index is 11.5. The second-order valence-corrected chi connectivity index (χ2v) is 4.95. The lowest BCUT2D eigenvalue weighted by Gasteiger charge is -2.31. The Kier molecular flexibility index (Phi) is 2.78. The number of benzene rings is 1. The standard InChI is InChI=1S/C14H16N2O2/c17-13-8-16(9-14(18)15-13)12-7-3-5-10-4-1-2-6-11(10)12/h3,5,7H,1-2,4,6,8-9H2,(H,15,17,18). The molecule has 2 aliphatic rings. The van der Waals surface area contributed by atoms with Crippen molar-refractivity contribution in [2.45, 2.75) is 25.7 Å². The zero-order valence-corrected chi connectivity index (χ0v) is 10.2. The van der Waals surface area contributed by atoms with Crippen molar-refractivity contribution < 1.29 is 9.59 Å². The molecule has 0 unspecified atom stereocenters. The van der Waals surface area contributed by atoms with Gasteiger partial charge >= 0.3 is 0 Å². The molecule has 0 atom stereocenters. The molecule has 4 nitrogen and oxygen atoms in total. The zero-order valence-electron chi connectivity index (χ0n) is 10.2. The molecule has 1 aromatic rings. The van der Waals surface area contributed by atoms with Crippen molar-refractivity contribution in [3.63, 3.8) is 0 Å². The van der Waals surface area contributed by atoms with Crippen LogP contribution in [0.1, 0.15) is 24.0 Å². The third-order valence-corrected chi connectivity index (χ3v) is 3.66. The van der Waals surface area contributed by atoms with E-state index in [1.54, 1.807) is 0 Å². The molecule has 1 aliphatic heterocycles. The number of hydrogen-bond donors (Lipinski definition) is 1. The third kappa shape index (κ3) is 1.98. The second kappa shape index (κ2) is 4.44. The fourth-order valence-corrected chi connectivity index (χ4v) is 2.86. The monoisotopic (exact) mass is 244 g/mol. The highest BCUT2D eigenvalue weighted by atomic mass is 16.2. The molecule has 1 heterocycles. The number of carbonyl (C=O) groups is 2. The van der Waals surface area contributed by atoms with Crippen molar-refractivity contribution in [2.75, 3.05) is 18.0 Å². The van der Waals surface area contributed by atoms with Crippen molar-refractivity contribution in [2.24, 2.45) is 0 Å². The number of aryl methyl sites for hydroxylation is 1. The molecule has 0 bridgehead atoms. The molecule has 0 saturated carbocycles.